The van der Waals surface area contributed by atoms with Gasteiger partial charge in [0.2, 0.25) is 16.0 Å². The largest absolute Gasteiger partial charge is 0.494 e. The fourth-order valence-electron chi connectivity index (χ4n) is 4.65. The van der Waals surface area contributed by atoms with Gasteiger partial charge in [0.25, 0.3) is 0 Å². The van der Waals surface area contributed by atoms with Crippen molar-refractivity contribution >= 4 is 27.6 Å². The lowest BCUT2D eigenvalue weighted by Crippen LogP contribution is -2.33. The molecule has 2 aromatic heterocycles. The third kappa shape index (κ3) is 5.55. The Labute approximate surface area is 226 Å². The number of rotatable bonds is 11. The van der Waals surface area contributed by atoms with Gasteiger partial charge in [-0.15, -0.1) is 10.2 Å². The zero-order valence-electron chi connectivity index (χ0n) is 21.8. The molecule has 3 aromatic rings. The molecule has 0 unspecified atom stereocenters. The minimum Gasteiger partial charge on any atom is -0.494 e. The molecule has 0 saturated heterocycles. The molecule has 38 heavy (non-hydrogen) atoms. The molecule has 1 fully saturated rings. The van der Waals surface area contributed by atoms with E-state index in [-0.39, 0.29) is 23.8 Å². The average molecular weight is 567 g/mol. The molecule has 1 saturated carbocycles. The molecule has 4 rings (SSSR count). The van der Waals surface area contributed by atoms with Gasteiger partial charge in [0.05, 0.1) is 25.3 Å². The van der Waals surface area contributed by atoms with Crippen molar-refractivity contribution in [1.29, 1.82) is 0 Å². The molecular weight excluding hydrogens is 536 g/mol. The summed E-state index contributed by atoms with van der Waals surface area (Å²) in [7, 11) is 2.03. The second-order valence-corrected chi connectivity index (χ2v) is 11.3. The van der Waals surface area contributed by atoms with Crippen molar-refractivity contribution in [3.05, 3.63) is 47.3 Å². The van der Waals surface area contributed by atoms with E-state index in [0.717, 1.165) is 19.3 Å². The molecule has 1 N–H and O–H groups in total. The number of hydrogen-bond acceptors (Lipinski definition) is 10. The number of benzene rings is 1. The highest BCUT2D eigenvalue weighted by atomic mass is 35.5. The molecule has 2 heterocycles. The van der Waals surface area contributed by atoms with Crippen LogP contribution in [-0.4, -0.2) is 72.9 Å². The zero-order chi connectivity index (χ0) is 27.4. The molecule has 206 valence electrons. The van der Waals surface area contributed by atoms with E-state index in [4.69, 9.17) is 30.5 Å². The Balaban J connectivity index is 1.78. The summed E-state index contributed by atoms with van der Waals surface area (Å²) in [5.74, 6) is 1.64. The van der Waals surface area contributed by atoms with E-state index in [1.165, 1.54) is 40.6 Å². The molecule has 14 heteroatoms. The molecule has 12 nitrogen and oxygen atoms in total. The quantitative estimate of drug-likeness (QED) is 0.366. The molecule has 0 bridgehead atoms. The highest BCUT2D eigenvalue weighted by Crippen LogP contribution is 2.41. The van der Waals surface area contributed by atoms with Crippen LogP contribution in [0.3, 0.4) is 0 Å². The van der Waals surface area contributed by atoms with Crippen LogP contribution in [0.15, 0.2) is 30.6 Å². The Morgan fingerprint density at radius 2 is 1.71 bits per heavy atom. The first-order valence-corrected chi connectivity index (χ1v) is 13.9. The average Bonchev–Trinajstić information content (AvgIpc) is 3.56. The van der Waals surface area contributed by atoms with Gasteiger partial charge in [-0.05, 0) is 38.3 Å². The molecule has 1 aromatic carbocycles. The summed E-state index contributed by atoms with van der Waals surface area (Å²) in [5, 5.41) is 7.90. The molecule has 0 spiro atoms. The minimum absolute atomic E-state index is 0.0117. The van der Waals surface area contributed by atoms with E-state index in [1.807, 2.05) is 0 Å². The maximum absolute atomic E-state index is 13.6. The van der Waals surface area contributed by atoms with E-state index >= 15 is 0 Å². The molecule has 0 radical (unpaired) electrons. The SMILES string of the molecule is COc1cccc(OC)c1-n1c(NS(=O)(=O)[C@@H](C)[C@H](OC)c2ncc(Cl)cn2)nnc1[C@H]1CC[C@H](OC)C1. The molecule has 4 atom stereocenters. The minimum atomic E-state index is -4.10. The van der Waals surface area contributed by atoms with Crippen molar-refractivity contribution in [2.45, 2.75) is 49.6 Å². The Morgan fingerprint density at radius 3 is 2.26 bits per heavy atom. The highest BCUT2D eigenvalue weighted by molar-refractivity contribution is 7.93. The standard InChI is InChI=1S/C24H31ClN6O6S/c1-14(21(37-5)22-26-12-16(25)13-27-22)38(32,33)30-24-29-28-23(15-9-10-17(11-15)34-2)31(24)20-18(35-3)7-6-8-19(20)36-4/h6-8,12-15,17,21H,9-11H2,1-5H3,(H,29,30)/t14-,15-,17-,21-/m0/s1. The smallest absolute Gasteiger partial charge is 0.243 e. The van der Waals surface area contributed by atoms with Crippen LogP contribution in [0.25, 0.3) is 5.69 Å². The molecule has 0 amide bonds. The van der Waals surface area contributed by atoms with Crippen molar-refractivity contribution in [3.8, 4) is 17.2 Å². The number of aromatic nitrogens is 5. The van der Waals surface area contributed by atoms with Gasteiger partial charge in [-0.3, -0.25) is 9.29 Å². The fourth-order valence-corrected chi connectivity index (χ4v) is 5.88. The van der Waals surface area contributed by atoms with Crippen molar-refractivity contribution in [2.24, 2.45) is 0 Å². The summed E-state index contributed by atoms with van der Waals surface area (Å²) >= 11 is 5.89. The first kappa shape index (κ1) is 28.0. The number of nitrogens with one attached hydrogen (secondary N) is 1. The molecule has 0 aliphatic heterocycles. The number of ether oxygens (including phenoxy) is 4. The third-order valence-corrected chi connectivity index (χ3v) is 8.58. The normalized spacial score (nSPS) is 19.2. The van der Waals surface area contributed by atoms with Gasteiger partial charge in [0, 0.05) is 32.5 Å². The summed E-state index contributed by atoms with van der Waals surface area (Å²) in [6.45, 7) is 1.50. The van der Waals surface area contributed by atoms with E-state index in [0.29, 0.717) is 28.0 Å². The van der Waals surface area contributed by atoms with Gasteiger partial charge in [-0.2, -0.15) is 0 Å². The maximum Gasteiger partial charge on any atom is 0.243 e. The van der Waals surface area contributed by atoms with Crippen LogP contribution in [0.2, 0.25) is 5.02 Å². The summed E-state index contributed by atoms with van der Waals surface area (Å²) in [4.78, 5) is 8.27. The maximum atomic E-state index is 13.6. The summed E-state index contributed by atoms with van der Waals surface area (Å²) in [6.07, 6.45) is 4.24. The van der Waals surface area contributed by atoms with Gasteiger partial charge in [0.1, 0.15) is 34.4 Å². The van der Waals surface area contributed by atoms with E-state index in [9.17, 15) is 8.42 Å². The molecule has 1 aliphatic rings. The fraction of sp³-hybridized carbons (Fsp3) is 0.500. The number of sulfonamides is 1. The van der Waals surface area contributed by atoms with Crippen LogP contribution >= 0.6 is 11.6 Å². The van der Waals surface area contributed by atoms with Crippen LogP contribution in [0.4, 0.5) is 5.95 Å². The van der Waals surface area contributed by atoms with Gasteiger partial charge in [-0.1, -0.05) is 17.7 Å². The second kappa shape index (κ2) is 11.8. The van der Waals surface area contributed by atoms with E-state index in [2.05, 4.69) is 24.9 Å². The number of halogens is 1. The summed E-state index contributed by atoms with van der Waals surface area (Å²) in [5.41, 5.74) is 0.480. The number of methoxy groups -OCH3 is 4. The number of anilines is 1. The van der Waals surface area contributed by atoms with Crippen LogP contribution in [0.1, 0.15) is 49.9 Å². The Bertz CT molecular complexity index is 1330. The van der Waals surface area contributed by atoms with Crippen LogP contribution in [-0.2, 0) is 19.5 Å². The van der Waals surface area contributed by atoms with Crippen LogP contribution in [0, 0.1) is 0 Å². The van der Waals surface area contributed by atoms with Crippen molar-refractivity contribution in [2.75, 3.05) is 33.2 Å². The van der Waals surface area contributed by atoms with Gasteiger partial charge >= 0.3 is 0 Å². The number of hydrogen-bond donors (Lipinski definition) is 1. The Kier molecular flexibility index (Phi) is 8.71. The predicted octanol–water partition coefficient (Wildman–Crippen LogP) is 3.53. The van der Waals surface area contributed by atoms with Crippen molar-refractivity contribution < 1.29 is 27.4 Å². The summed E-state index contributed by atoms with van der Waals surface area (Å²) in [6, 6.07) is 5.30. The topological polar surface area (TPSA) is 140 Å². The van der Waals surface area contributed by atoms with Crippen molar-refractivity contribution in [3.63, 3.8) is 0 Å². The lowest BCUT2D eigenvalue weighted by Gasteiger charge is -2.23. The Morgan fingerprint density at radius 1 is 1.05 bits per heavy atom. The summed E-state index contributed by atoms with van der Waals surface area (Å²) < 4.78 is 53.8. The zero-order valence-corrected chi connectivity index (χ0v) is 23.4. The van der Waals surface area contributed by atoms with E-state index < -0.39 is 21.4 Å². The van der Waals surface area contributed by atoms with Gasteiger partial charge < -0.3 is 18.9 Å². The number of nitrogens with zero attached hydrogens (tertiary/aromatic N) is 5. The monoisotopic (exact) mass is 566 g/mol. The molecule has 1 aliphatic carbocycles. The highest BCUT2D eigenvalue weighted by Gasteiger charge is 2.37. The van der Waals surface area contributed by atoms with Gasteiger partial charge in [0.15, 0.2) is 5.82 Å². The van der Waals surface area contributed by atoms with Crippen LogP contribution in [0.5, 0.6) is 11.5 Å². The van der Waals surface area contributed by atoms with Crippen LogP contribution < -0.4 is 14.2 Å². The van der Waals surface area contributed by atoms with Gasteiger partial charge in [-0.25, -0.2) is 18.4 Å². The first-order chi connectivity index (χ1) is 18.2. The Hall–Kier alpha value is -3.00. The van der Waals surface area contributed by atoms with Crippen molar-refractivity contribution in [1.82, 2.24) is 24.7 Å². The third-order valence-electron chi connectivity index (χ3n) is 6.69. The first-order valence-electron chi connectivity index (χ1n) is 11.9. The lowest BCUT2D eigenvalue weighted by atomic mass is 10.1. The number of para-hydroxylation sites is 1. The lowest BCUT2D eigenvalue weighted by molar-refractivity contribution is 0.0950. The molecular formula is C24H31ClN6O6S. The van der Waals surface area contributed by atoms with E-state index in [1.54, 1.807) is 29.9 Å². The predicted molar refractivity (Wildman–Crippen MR) is 141 cm³/mol. The second-order valence-electron chi connectivity index (χ2n) is 8.86.